The highest BCUT2D eigenvalue weighted by Gasteiger charge is 2.50. The van der Waals surface area contributed by atoms with Crippen LogP contribution in [0.4, 0.5) is 4.79 Å². The number of hydroxylamine groups is 1. The second-order valence-corrected chi connectivity index (χ2v) is 15.7. The van der Waals surface area contributed by atoms with Crippen molar-refractivity contribution in [2.24, 2.45) is 0 Å². The molecule has 2 saturated heterocycles. The molecule has 14 nitrogen and oxygen atoms in total. The third kappa shape index (κ3) is 9.84. The smallest absolute Gasteiger partial charge is 0.411 e. The Labute approximate surface area is 297 Å². The van der Waals surface area contributed by atoms with Crippen LogP contribution in [-0.2, 0) is 33.2 Å². The molecule has 6 N–H and O–H groups in total. The Kier molecular flexibility index (Phi) is 15.4. The Morgan fingerprint density at radius 1 is 1.24 bits per heavy atom. The maximum atomic E-state index is 13.6. The molecule has 0 unspecified atom stereocenters. The number of carbonyl (C=O) groups excluding carboxylic acids is 2. The number of hydrogen-bond donors (Lipinski definition) is 6. The molecule has 0 radical (unpaired) electrons. The highest BCUT2D eigenvalue weighted by atomic mass is 33.5. The van der Waals surface area contributed by atoms with Crippen LogP contribution in [0.1, 0.15) is 26.7 Å². The minimum Gasteiger partial charge on any atom is -0.453 e. The first kappa shape index (κ1) is 39.7. The predicted molar refractivity (Wildman–Crippen MR) is 185 cm³/mol. The van der Waals surface area contributed by atoms with Crippen molar-refractivity contribution in [1.29, 1.82) is 0 Å². The van der Waals surface area contributed by atoms with Crippen molar-refractivity contribution in [2.45, 2.75) is 87.5 Å². The molecule has 2 aliphatic heterocycles. The van der Waals surface area contributed by atoms with E-state index in [4.69, 9.17) is 28.4 Å². The van der Waals surface area contributed by atoms with Gasteiger partial charge in [-0.05, 0) is 41.7 Å². The van der Waals surface area contributed by atoms with E-state index in [2.05, 4.69) is 39.8 Å². The molecule has 4 rings (SSSR count). The number of nitrogens with one attached hydrogen (secondary N) is 3. The molecule has 2 bridgehead atoms. The highest BCUT2D eigenvalue weighted by molar-refractivity contribution is 9.09. The Morgan fingerprint density at radius 2 is 2.02 bits per heavy atom. The van der Waals surface area contributed by atoms with Crippen LogP contribution in [0, 0.1) is 23.7 Å². The standard InChI is InChI=1S/C32H43N3O11S3/c1-6-33-20-17-43-24(15-23(20)41-3)46-29-28(37)26(35-40)18(2)44-30(29)45-22-11-9-7-8-10-13-32(39)16-21(36)27(34-31(38)42-4)25(22)19(32)12-14-48-49-47-5/h7-8,12,18,20,22-24,26,28-30,33,35,37,39-40H,6,14-17H2,1-5H3,(H,34,38)/b8-7+,19-12-/t18-,20-,22-,23-,24-,26+,28-,29-,30-,32-/m0/s1. The number of allylic oxidation sites excluding steroid dienone is 3. The highest BCUT2D eigenvalue weighted by Crippen LogP contribution is 2.41. The zero-order valence-corrected chi connectivity index (χ0v) is 30.2. The fourth-order valence-electron chi connectivity index (χ4n) is 5.92. The summed E-state index contributed by atoms with van der Waals surface area (Å²) < 4.78 is 35.5. The van der Waals surface area contributed by atoms with Crippen molar-refractivity contribution in [3.8, 4) is 23.7 Å². The van der Waals surface area contributed by atoms with Crippen LogP contribution in [0.2, 0.25) is 0 Å². The molecule has 17 heteroatoms. The van der Waals surface area contributed by atoms with Crippen molar-refractivity contribution in [3.05, 3.63) is 35.1 Å². The number of Topliss-reactive ketones (excluding diaryl/α,β-unsaturated/α-hetero) is 1. The molecule has 0 aromatic carbocycles. The molecule has 2 heterocycles. The van der Waals surface area contributed by atoms with E-state index in [0.29, 0.717) is 18.7 Å². The Hall–Kier alpha value is -2.07. The van der Waals surface area contributed by atoms with E-state index < -0.39 is 66.9 Å². The third-order valence-corrected chi connectivity index (χ3v) is 12.0. The van der Waals surface area contributed by atoms with Crippen LogP contribution >= 0.6 is 31.4 Å². The van der Waals surface area contributed by atoms with E-state index in [1.807, 2.05) is 13.2 Å². The van der Waals surface area contributed by atoms with Crippen LogP contribution in [0.5, 0.6) is 0 Å². The molecule has 0 saturated carbocycles. The summed E-state index contributed by atoms with van der Waals surface area (Å²) in [5.41, 5.74) is 0.193. The number of ether oxygens (including phenoxy) is 6. The molecule has 0 spiro atoms. The average molecular weight is 742 g/mol. The fourth-order valence-corrected chi connectivity index (χ4v) is 8.33. The zero-order valence-electron chi connectivity index (χ0n) is 27.8. The van der Waals surface area contributed by atoms with Crippen molar-refractivity contribution in [3.63, 3.8) is 0 Å². The summed E-state index contributed by atoms with van der Waals surface area (Å²) in [6.07, 6.45) is -1.79. The van der Waals surface area contributed by atoms with E-state index >= 15 is 0 Å². The third-order valence-electron chi connectivity index (χ3n) is 8.25. The van der Waals surface area contributed by atoms with E-state index in [9.17, 15) is 25.0 Å². The normalized spacial score (nSPS) is 35.9. The summed E-state index contributed by atoms with van der Waals surface area (Å²) in [6, 6.07) is -1.06. The van der Waals surface area contributed by atoms with Gasteiger partial charge in [0, 0.05) is 30.4 Å². The van der Waals surface area contributed by atoms with Gasteiger partial charge in [0.25, 0.3) is 0 Å². The number of carbonyl (C=O) groups is 2. The lowest BCUT2D eigenvalue weighted by Gasteiger charge is -2.46. The molecule has 0 aromatic heterocycles. The molecular formula is C32H43N3O11S3. The van der Waals surface area contributed by atoms with Gasteiger partial charge in [-0.1, -0.05) is 58.3 Å². The molecule has 270 valence electrons. The van der Waals surface area contributed by atoms with Crippen LogP contribution < -0.4 is 16.1 Å². The van der Waals surface area contributed by atoms with Crippen molar-refractivity contribution < 1.29 is 53.4 Å². The SMILES string of the molecule is CCN[C@H]1CO[C@@H](O[C@@H]2[C@H](O[C@H]3C#C/C=C/C#C[C@]4(O)CC(=O)C(NC(=O)OC)=C3/C4=C/CSSSC)O[C@@H](C)[C@@H](NO)[C@@H]2O)C[C@@H]1OC. The minimum atomic E-state index is -1.96. The zero-order chi connectivity index (χ0) is 35.6. The Bertz CT molecular complexity index is 1410. The number of likely N-dealkylation sites (N-methyl/N-ethyl adjacent to an activating group) is 1. The minimum absolute atomic E-state index is 0.0461. The summed E-state index contributed by atoms with van der Waals surface area (Å²) in [6.45, 7) is 4.58. The van der Waals surface area contributed by atoms with Crippen LogP contribution in [0.3, 0.4) is 0 Å². The summed E-state index contributed by atoms with van der Waals surface area (Å²) in [4.78, 5) is 26.2. The van der Waals surface area contributed by atoms with Gasteiger partial charge in [-0.3, -0.25) is 10.1 Å². The maximum absolute atomic E-state index is 13.6. The summed E-state index contributed by atoms with van der Waals surface area (Å²) in [5.74, 6) is 11.1. The van der Waals surface area contributed by atoms with E-state index in [0.717, 1.165) is 7.11 Å². The van der Waals surface area contributed by atoms with Crippen LogP contribution in [0.25, 0.3) is 0 Å². The number of alkyl carbamates (subject to hydrolysis) is 1. The largest absolute Gasteiger partial charge is 0.453 e. The lowest BCUT2D eigenvalue weighted by molar-refractivity contribution is -0.329. The molecule has 4 aliphatic rings. The number of methoxy groups -OCH3 is 2. The van der Waals surface area contributed by atoms with Gasteiger partial charge in [-0.25, -0.2) is 4.79 Å². The predicted octanol–water partition coefficient (Wildman–Crippen LogP) is 1.43. The average Bonchev–Trinajstić information content (AvgIpc) is 3.08. The quantitative estimate of drug-likeness (QED) is 0.0689. The van der Waals surface area contributed by atoms with Crippen molar-refractivity contribution >= 4 is 43.3 Å². The van der Waals surface area contributed by atoms with Gasteiger partial charge in [-0.15, -0.1) is 0 Å². The molecule has 2 fully saturated rings. The molecule has 2 aliphatic carbocycles. The molecule has 1 amide bonds. The summed E-state index contributed by atoms with van der Waals surface area (Å²) >= 11 is 0. The summed E-state index contributed by atoms with van der Waals surface area (Å²) in [7, 11) is 7.30. The van der Waals surface area contributed by atoms with Gasteiger partial charge >= 0.3 is 6.09 Å². The first-order chi connectivity index (χ1) is 23.6. The maximum Gasteiger partial charge on any atom is 0.411 e. The van der Waals surface area contributed by atoms with Gasteiger partial charge in [0.15, 0.2) is 24.0 Å². The van der Waals surface area contributed by atoms with Gasteiger partial charge in [0.1, 0.15) is 18.3 Å². The van der Waals surface area contributed by atoms with Gasteiger partial charge in [-0.2, -0.15) is 5.48 Å². The van der Waals surface area contributed by atoms with Crippen LogP contribution in [-0.4, -0.2) is 127 Å². The molecular weight excluding hydrogens is 699 g/mol. The van der Waals surface area contributed by atoms with Crippen molar-refractivity contribution in [2.75, 3.05) is 39.4 Å². The van der Waals surface area contributed by atoms with Gasteiger partial charge in [0.05, 0.1) is 50.1 Å². The number of aliphatic hydroxyl groups is 2. The van der Waals surface area contributed by atoms with Gasteiger partial charge in [0.2, 0.25) is 0 Å². The Balaban J connectivity index is 1.78. The topological polar surface area (TPSA) is 186 Å². The number of fused-ring (bicyclic) bond motifs is 2. The first-order valence-electron chi connectivity index (χ1n) is 15.6. The number of hydrogen-bond acceptors (Lipinski definition) is 16. The molecule has 0 aromatic rings. The second-order valence-electron chi connectivity index (χ2n) is 11.3. The fraction of sp³-hybridized carbons (Fsp3) is 0.625. The number of aliphatic hydroxyl groups excluding tert-OH is 1. The van der Waals surface area contributed by atoms with E-state index in [1.54, 1.807) is 30.9 Å². The second kappa shape index (κ2) is 19.0. The summed E-state index contributed by atoms with van der Waals surface area (Å²) in [5, 5.41) is 39.1. The molecule has 10 atom stereocenters. The number of rotatable bonds is 13. The van der Waals surface area contributed by atoms with E-state index in [-0.39, 0.29) is 35.6 Å². The van der Waals surface area contributed by atoms with E-state index in [1.165, 1.54) is 32.8 Å². The lowest BCUT2D eigenvalue weighted by Crippen LogP contribution is -2.64. The monoisotopic (exact) mass is 741 g/mol. The molecule has 49 heavy (non-hydrogen) atoms. The van der Waals surface area contributed by atoms with Gasteiger partial charge < -0.3 is 49.2 Å². The lowest BCUT2D eigenvalue weighted by atomic mass is 9.75. The first-order valence-corrected chi connectivity index (χ1v) is 19.6. The number of amides is 1. The number of ketones is 1. The van der Waals surface area contributed by atoms with Crippen LogP contribution in [0.15, 0.2) is 35.1 Å². The van der Waals surface area contributed by atoms with Crippen molar-refractivity contribution in [1.82, 2.24) is 16.1 Å². The Morgan fingerprint density at radius 3 is 2.71 bits per heavy atom.